The number of hydrogen-bond acceptors (Lipinski definition) is 8. The lowest BCUT2D eigenvalue weighted by Crippen LogP contribution is -2.62. The Kier molecular flexibility index (Phi) is 12.3. The molecule has 5 rings (SSSR count). The number of hydrazine groups is 1. The summed E-state index contributed by atoms with van der Waals surface area (Å²) < 4.78 is 25.0. The van der Waals surface area contributed by atoms with Crippen LogP contribution in [-0.4, -0.2) is 79.9 Å². The molecule has 3 heterocycles. The number of aryl methyl sites for hydroxylation is 1. The van der Waals surface area contributed by atoms with Gasteiger partial charge in [0.2, 0.25) is 11.8 Å². The molecule has 1 aromatic carbocycles. The summed E-state index contributed by atoms with van der Waals surface area (Å²) in [5.74, 6) is -5.26. The van der Waals surface area contributed by atoms with Crippen molar-refractivity contribution < 1.29 is 28.9 Å². The zero-order chi connectivity index (χ0) is 31.2. The Morgan fingerprint density at radius 3 is 2.24 bits per heavy atom. The third-order valence-electron chi connectivity index (χ3n) is 9.44. The van der Waals surface area contributed by atoms with E-state index in [0.717, 1.165) is 25.8 Å². The highest BCUT2D eigenvalue weighted by molar-refractivity contribution is 5.76. The van der Waals surface area contributed by atoms with Crippen molar-refractivity contribution in [2.24, 2.45) is 23.5 Å². The van der Waals surface area contributed by atoms with Gasteiger partial charge in [0, 0.05) is 42.8 Å². The number of aliphatic hydroxyl groups is 3. The molecule has 1 amide bonds. The first-order valence-corrected chi connectivity index (χ1v) is 15.7. The predicted octanol–water partition coefficient (Wildman–Crippen LogP) is 3.14. The van der Waals surface area contributed by atoms with Gasteiger partial charge in [0.05, 0.1) is 6.17 Å². The van der Waals surface area contributed by atoms with Gasteiger partial charge in [-0.2, -0.15) is 0 Å². The zero-order valence-corrected chi connectivity index (χ0v) is 25.8. The first-order chi connectivity index (χ1) is 19.8. The number of amides is 1. The Labute approximate surface area is 249 Å². The van der Waals surface area contributed by atoms with Gasteiger partial charge >= 0.3 is 5.97 Å². The molecule has 3 aliphatic heterocycles. The van der Waals surface area contributed by atoms with Crippen LogP contribution in [0.25, 0.3) is 0 Å². The van der Waals surface area contributed by atoms with E-state index >= 15 is 0 Å². The summed E-state index contributed by atoms with van der Waals surface area (Å²) in [5.41, 5.74) is 12.5. The summed E-state index contributed by atoms with van der Waals surface area (Å²) in [4.78, 5) is 15.3. The van der Waals surface area contributed by atoms with Gasteiger partial charge in [-0.25, -0.2) is 19.6 Å². The number of carbonyl (C=O) groups is 1. The minimum atomic E-state index is -2.78. The maximum Gasteiger partial charge on any atom is 0.307 e. The number of nitrogens with one attached hydrogen (secondary N) is 2. The van der Waals surface area contributed by atoms with Gasteiger partial charge in [-0.3, -0.25) is 14.6 Å². The summed E-state index contributed by atoms with van der Waals surface area (Å²) in [6, 6.07) is 11.7. The van der Waals surface area contributed by atoms with Gasteiger partial charge in [0.15, 0.2) is 6.17 Å². The van der Waals surface area contributed by atoms with Crippen LogP contribution >= 0.6 is 0 Å². The fourth-order valence-corrected chi connectivity index (χ4v) is 7.50. The highest BCUT2D eigenvalue weighted by Gasteiger charge is 2.54. The minimum absolute atomic E-state index is 0.0658. The van der Waals surface area contributed by atoms with Crippen molar-refractivity contribution in [1.29, 1.82) is 0 Å². The average Bonchev–Trinajstić information content (AvgIpc) is 3.52. The molecule has 1 saturated carbocycles. The van der Waals surface area contributed by atoms with Crippen LogP contribution in [0.1, 0.15) is 85.1 Å². The van der Waals surface area contributed by atoms with E-state index in [0.29, 0.717) is 18.0 Å². The lowest BCUT2D eigenvalue weighted by molar-refractivity contribution is -0.346. The van der Waals surface area contributed by atoms with Crippen LogP contribution in [0.15, 0.2) is 30.3 Å². The predicted molar refractivity (Wildman–Crippen MR) is 159 cm³/mol. The lowest BCUT2D eigenvalue weighted by Gasteiger charge is -2.46. The SMILES string of the molecule is CC.CC1CC2CC(C)N3C(NNC3C(O)(O)O)C(C)C1N2CCCc1ccccc1.NC(=O)C1CCC(F)(F)CC1. The minimum Gasteiger partial charge on any atom is -0.369 e. The van der Waals surface area contributed by atoms with Gasteiger partial charge in [-0.05, 0) is 63.5 Å². The Balaban J connectivity index is 0.000000313. The highest BCUT2D eigenvalue weighted by atomic mass is 19.3. The van der Waals surface area contributed by atoms with Crippen molar-refractivity contribution in [2.75, 3.05) is 6.54 Å². The molecule has 0 aromatic heterocycles. The summed E-state index contributed by atoms with van der Waals surface area (Å²) in [5, 5.41) is 29.6. The van der Waals surface area contributed by atoms with E-state index in [2.05, 4.69) is 66.9 Å². The molecule has 4 fully saturated rings. The topological polar surface area (TPSA) is 134 Å². The van der Waals surface area contributed by atoms with Gasteiger partial charge in [-0.15, -0.1) is 0 Å². The fourth-order valence-electron chi connectivity index (χ4n) is 7.50. The summed E-state index contributed by atoms with van der Waals surface area (Å²) in [6.45, 7) is 11.8. The Morgan fingerprint density at radius 2 is 1.67 bits per heavy atom. The molecule has 7 N–H and O–H groups in total. The average molecular weight is 598 g/mol. The summed E-state index contributed by atoms with van der Waals surface area (Å²) in [6.07, 6.45) is 3.44. The summed E-state index contributed by atoms with van der Waals surface area (Å²) >= 11 is 0. The maximum absolute atomic E-state index is 12.5. The number of fused-ring (bicyclic) bond motifs is 3. The van der Waals surface area contributed by atoms with E-state index in [1.165, 1.54) is 12.0 Å². The number of hydrogen-bond donors (Lipinski definition) is 6. The van der Waals surface area contributed by atoms with Gasteiger partial charge in [0.1, 0.15) is 0 Å². The van der Waals surface area contributed by atoms with E-state index in [-0.39, 0.29) is 49.7 Å². The quantitative estimate of drug-likeness (QED) is 0.276. The number of benzene rings is 1. The molecule has 7 unspecified atom stereocenters. The maximum atomic E-state index is 12.5. The number of halogens is 2. The molecular formula is C31H53F2N5O4. The number of primary amides is 1. The Bertz CT molecular complexity index is 972. The molecule has 0 spiro atoms. The van der Waals surface area contributed by atoms with E-state index in [1.807, 2.05) is 18.7 Å². The van der Waals surface area contributed by atoms with Crippen LogP contribution in [-0.2, 0) is 11.2 Å². The second kappa shape index (κ2) is 14.8. The van der Waals surface area contributed by atoms with Crippen LogP contribution in [0.3, 0.4) is 0 Å². The fraction of sp³-hybridized carbons (Fsp3) is 0.774. The monoisotopic (exact) mass is 597 g/mol. The molecule has 42 heavy (non-hydrogen) atoms. The zero-order valence-electron chi connectivity index (χ0n) is 25.8. The normalized spacial score (nSPS) is 33.3. The van der Waals surface area contributed by atoms with Crippen LogP contribution in [0.2, 0.25) is 0 Å². The lowest BCUT2D eigenvalue weighted by atomic mass is 9.86. The first-order valence-electron chi connectivity index (χ1n) is 15.7. The molecule has 1 aliphatic carbocycles. The molecule has 4 aliphatic rings. The van der Waals surface area contributed by atoms with Gasteiger partial charge in [-0.1, -0.05) is 58.0 Å². The molecule has 2 bridgehead atoms. The van der Waals surface area contributed by atoms with Crippen LogP contribution in [0.5, 0.6) is 0 Å². The third-order valence-corrected chi connectivity index (χ3v) is 9.44. The summed E-state index contributed by atoms with van der Waals surface area (Å²) in [7, 11) is 0. The van der Waals surface area contributed by atoms with E-state index in [4.69, 9.17) is 5.73 Å². The molecule has 3 saturated heterocycles. The molecule has 9 nitrogen and oxygen atoms in total. The smallest absolute Gasteiger partial charge is 0.307 e. The number of carbonyl (C=O) groups excluding carboxylic acids is 1. The number of nitrogens with two attached hydrogens (primary N) is 1. The van der Waals surface area contributed by atoms with Crippen molar-refractivity contribution in [2.45, 2.75) is 128 Å². The van der Waals surface area contributed by atoms with Crippen LogP contribution in [0, 0.1) is 17.8 Å². The van der Waals surface area contributed by atoms with Crippen molar-refractivity contribution in [3.05, 3.63) is 35.9 Å². The van der Waals surface area contributed by atoms with Gasteiger partial charge < -0.3 is 21.1 Å². The van der Waals surface area contributed by atoms with E-state index in [1.54, 1.807) is 0 Å². The van der Waals surface area contributed by atoms with Gasteiger partial charge in [0.25, 0.3) is 0 Å². The standard InChI is InChI=1S/C22H36N4O3.C7H11F2NO.C2H6/c1-14-12-18-13-15(2)26-20(23-24-21(26)22(27,28)29)16(3)19(14)25(18)11-7-10-17-8-5-4-6-9-17;8-7(9)3-1-5(2-4-7)6(10)11;1-2/h4-6,8-9,14-16,18-21,23-24,27-29H,7,10-13H2,1-3H3;5H,1-4H2,(H2,10,11);1-2H3. The van der Waals surface area contributed by atoms with Crippen LogP contribution in [0.4, 0.5) is 8.78 Å². The number of nitrogens with zero attached hydrogens (tertiary/aromatic N) is 2. The number of rotatable bonds is 6. The first kappa shape index (κ1) is 34.8. The van der Waals surface area contributed by atoms with Crippen molar-refractivity contribution in [3.8, 4) is 0 Å². The Hall–Kier alpha value is -1.73. The Morgan fingerprint density at radius 1 is 1.05 bits per heavy atom. The molecule has 1 aromatic rings. The molecular weight excluding hydrogens is 544 g/mol. The van der Waals surface area contributed by atoms with Crippen LogP contribution < -0.4 is 16.6 Å². The third kappa shape index (κ3) is 8.46. The largest absolute Gasteiger partial charge is 0.369 e. The highest BCUT2D eigenvalue weighted by Crippen LogP contribution is 2.42. The second-order valence-corrected chi connectivity index (χ2v) is 12.4. The van der Waals surface area contributed by atoms with Crippen molar-refractivity contribution in [1.82, 2.24) is 20.7 Å². The molecule has 7 atom stereocenters. The van der Waals surface area contributed by atoms with Crippen molar-refractivity contribution >= 4 is 5.91 Å². The molecule has 0 radical (unpaired) electrons. The molecule has 240 valence electrons. The molecule has 11 heteroatoms. The number of alkyl halides is 2. The second-order valence-electron chi connectivity index (χ2n) is 12.4. The van der Waals surface area contributed by atoms with E-state index < -0.39 is 24.0 Å². The van der Waals surface area contributed by atoms with E-state index in [9.17, 15) is 28.9 Å². The van der Waals surface area contributed by atoms with Crippen molar-refractivity contribution in [3.63, 3.8) is 0 Å².